The second kappa shape index (κ2) is 5.88. The molecule has 0 radical (unpaired) electrons. The molecule has 0 saturated heterocycles. The molecule has 0 heterocycles. The fraction of sp³-hybridized carbons (Fsp3) is 0.143. The monoisotopic (exact) mass is 338 g/mol. The average Bonchev–Trinajstić information content (AvgIpc) is 2.98. The minimum absolute atomic E-state index is 0.557. The molecule has 4 heteroatoms. The van der Waals surface area contributed by atoms with Crippen LogP contribution in [0.5, 0.6) is 11.5 Å². The van der Waals surface area contributed by atoms with E-state index < -0.39 is 6.08 Å². The fourth-order valence-electron chi connectivity index (χ4n) is 3.57. The van der Waals surface area contributed by atoms with Crippen LogP contribution in [-0.4, -0.2) is 14.2 Å². The number of hydrogen-bond acceptors (Lipinski definition) is 2. The van der Waals surface area contributed by atoms with Crippen LogP contribution in [-0.2, 0) is 6.42 Å². The van der Waals surface area contributed by atoms with Crippen LogP contribution in [0.15, 0.2) is 48.5 Å². The lowest BCUT2D eigenvalue weighted by atomic mass is 9.94. The van der Waals surface area contributed by atoms with E-state index in [1.54, 1.807) is 14.2 Å². The molecule has 0 saturated carbocycles. The van der Waals surface area contributed by atoms with Crippen molar-refractivity contribution in [2.45, 2.75) is 6.42 Å². The lowest BCUT2D eigenvalue weighted by Gasteiger charge is -2.11. The summed E-state index contributed by atoms with van der Waals surface area (Å²) in [6.07, 6.45) is -0.135. The molecule has 0 spiro atoms. The Balaban J connectivity index is 2.03. The maximum atomic E-state index is 13.2. The van der Waals surface area contributed by atoms with Crippen molar-refractivity contribution >= 4 is 16.8 Å². The van der Waals surface area contributed by atoms with Crippen LogP contribution in [0, 0.1) is 0 Å². The second-order valence-electron chi connectivity index (χ2n) is 6.04. The zero-order chi connectivity index (χ0) is 17.6. The van der Waals surface area contributed by atoms with Crippen LogP contribution in [0.3, 0.4) is 0 Å². The summed E-state index contributed by atoms with van der Waals surface area (Å²) in [6, 6.07) is 13.5. The Morgan fingerprint density at radius 1 is 0.920 bits per heavy atom. The molecule has 3 aromatic carbocycles. The smallest absolute Gasteiger partial charge is 0.270 e. The van der Waals surface area contributed by atoms with Crippen LogP contribution in [0.1, 0.15) is 16.7 Å². The largest absolute Gasteiger partial charge is 0.497 e. The summed E-state index contributed by atoms with van der Waals surface area (Å²) >= 11 is 0. The Morgan fingerprint density at radius 3 is 2.36 bits per heavy atom. The van der Waals surface area contributed by atoms with Crippen molar-refractivity contribution < 1.29 is 18.3 Å². The van der Waals surface area contributed by atoms with E-state index in [2.05, 4.69) is 6.07 Å². The number of halogens is 2. The summed E-state index contributed by atoms with van der Waals surface area (Å²) in [5.74, 6) is 1.42. The molecule has 0 fully saturated rings. The lowest BCUT2D eigenvalue weighted by molar-refractivity contribution is 0.414. The first kappa shape index (κ1) is 15.6. The van der Waals surface area contributed by atoms with Crippen molar-refractivity contribution in [2.24, 2.45) is 0 Å². The normalized spacial score (nSPS) is 11.8. The van der Waals surface area contributed by atoms with Gasteiger partial charge in [-0.15, -0.1) is 0 Å². The van der Waals surface area contributed by atoms with Crippen LogP contribution in [0.2, 0.25) is 0 Å². The molecule has 0 unspecified atom stereocenters. The van der Waals surface area contributed by atoms with Crippen molar-refractivity contribution in [3.63, 3.8) is 0 Å². The predicted molar refractivity (Wildman–Crippen MR) is 95.5 cm³/mol. The highest BCUT2D eigenvalue weighted by molar-refractivity contribution is 5.99. The first-order valence-corrected chi connectivity index (χ1v) is 7.94. The third kappa shape index (κ3) is 2.54. The minimum atomic E-state index is -1.70. The van der Waals surface area contributed by atoms with E-state index in [4.69, 9.17) is 9.47 Å². The Labute approximate surface area is 144 Å². The molecule has 2 nitrogen and oxygen atoms in total. The van der Waals surface area contributed by atoms with Gasteiger partial charge in [-0.05, 0) is 75.3 Å². The van der Waals surface area contributed by atoms with Gasteiger partial charge >= 0.3 is 0 Å². The van der Waals surface area contributed by atoms with E-state index >= 15 is 0 Å². The van der Waals surface area contributed by atoms with Crippen LogP contribution in [0.25, 0.3) is 28.0 Å². The van der Waals surface area contributed by atoms with Gasteiger partial charge in [0, 0.05) is 6.08 Å². The number of rotatable bonds is 3. The van der Waals surface area contributed by atoms with E-state index in [9.17, 15) is 8.78 Å². The van der Waals surface area contributed by atoms with Gasteiger partial charge in [0.1, 0.15) is 11.5 Å². The molecule has 0 N–H and O–H groups in total. The highest BCUT2D eigenvalue weighted by Crippen LogP contribution is 2.44. The molecule has 0 amide bonds. The van der Waals surface area contributed by atoms with Gasteiger partial charge in [-0.1, -0.05) is 12.1 Å². The topological polar surface area (TPSA) is 18.5 Å². The first-order chi connectivity index (χ1) is 12.1. The summed E-state index contributed by atoms with van der Waals surface area (Å²) in [5, 5.41) is 1.68. The molecular weight excluding hydrogens is 322 g/mol. The number of hydrogen-bond donors (Lipinski definition) is 0. The average molecular weight is 338 g/mol. The van der Waals surface area contributed by atoms with Gasteiger partial charge in [-0.25, -0.2) is 0 Å². The molecule has 0 aliphatic heterocycles. The zero-order valence-electron chi connectivity index (χ0n) is 13.9. The van der Waals surface area contributed by atoms with Crippen LogP contribution in [0.4, 0.5) is 8.78 Å². The highest BCUT2D eigenvalue weighted by Gasteiger charge is 2.23. The third-order valence-corrected chi connectivity index (χ3v) is 4.72. The van der Waals surface area contributed by atoms with Crippen molar-refractivity contribution in [3.05, 3.63) is 65.2 Å². The van der Waals surface area contributed by atoms with Crippen LogP contribution < -0.4 is 9.47 Å². The Hall–Kier alpha value is -2.88. The first-order valence-electron chi connectivity index (χ1n) is 7.94. The quantitative estimate of drug-likeness (QED) is 0.479. The number of benzene rings is 3. The van der Waals surface area contributed by atoms with E-state index in [0.717, 1.165) is 44.9 Å². The minimum Gasteiger partial charge on any atom is -0.497 e. The summed E-state index contributed by atoms with van der Waals surface area (Å²) < 4.78 is 36.9. The van der Waals surface area contributed by atoms with Crippen LogP contribution >= 0.6 is 0 Å². The Morgan fingerprint density at radius 2 is 1.64 bits per heavy atom. The maximum absolute atomic E-state index is 13.2. The van der Waals surface area contributed by atoms with Gasteiger partial charge in [-0.2, -0.15) is 8.78 Å². The van der Waals surface area contributed by atoms with E-state index in [-0.39, 0.29) is 0 Å². The molecule has 0 atom stereocenters. The summed E-state index contributed by atoms with van der Waals surface area (Å²) in [6.45, 7) is 0. The highest BCUT2D eigenvalue weighted by atomic mass is 19.3. The molecule has 25 heavy (non-hydrogen) atoms. The predicted octanol–water partition coefficient (Wildman–Crippen LogP) is 5.67. The van der Waals surface area contributed by atoms with Gasteiger partial charge in [0.2, 0.25) is 0 Å². The van der Waals surface area contributed by atoms with Gasteiger partial charge in [0.05, 0.1) is 14.2 Å². The van der Waals surface area contributed by atoms with Crippen molar-refractivity contribution in [1.82, 2.24) is 0 Å². The lowest BCUT2D eigenvalue weighted by Crippen LogP contribution is -1.91. The van der Waals surface area contributed by atoms with Crippen molar-refractivity contribution in [3.8, 4) is 22.6 Å². The van der Waals surface area contributed by atoms with Gasteiger partial charge < -0.3 is 9.47 Å². The molecule has 126 valence electrons. The van der Waals surface area contributed by atoms with E-state index in [1.165, 1.54) is 0 Å². The molecular formula is C21H16F2O2. The maximum Gasteiger partial charge on any atom is 0.270 e. The molecule has 1 aliphatic rings. The molecule has 3 aromatic rings. The second-order valence-corrected chi connectivity index (χ2v) is 6.04. The van der Waals surface area contributed by atoms with Gasteiger partial charge in [-0.3, -0.25) is 0 Å². The fourth-order valence-corrected chi connectivity index (χ4v) is 3.57. The molecule has 0 aromatic heterocycles. The number of ether oxygens (including phenoxy) is 2. The van der Waals surface area contributed by atoms with Gasteiger partial charge in [0.25, 0.3) is 6.08 Å². The third-order valence-electron chi connectivity index (χ3n) is 4.72. The summed E-state index contributed by atoms with van der Waals surface area (Å²) in [5.41, 5.74) is 4.63. The van der Waals surface area contributed by atoms with Gasteiger partial charge in [0.15, 0.2) is 0 Å². The van der Waals surface area contributed by atoms with E-state index in [0.29, 0.717) is 17.7 Å². The standard InChI is InChI=1S/C21H16F2O2/c1-24-14-5-6-16-13(7-14)9-19-18(16)8-12-3-4-15(25-2)10-17(12)20(19)11-21(22)23/h3-8,10-11H,9H2,1-2H3. The summed E-state index contributed by atoms with van der Waals surface area (Å²) in [7, 11) is 3.19. The molecule has 1 aliphatic carbocycles. The number of fused-ring (bicyclic) bond motifs is 4. The molecule has 0 bridgehead atoms. The zero-order valence-corrected chi connectivity index (χ0v) is 13.9. The Kier molecular flexibility index (Phi) is 3.68. The van der Waals surface area contributed by atoms with Crippen molar-refractivity contribution in [2.75, 3.05) is 14.2 Å². The molecule has 4 rings (SSSR count). The Bertz CT molecular complexity index is 1020. The summed E-state index contributed by atoms with van der Waals surface area (Å²) in [4.78, 5) is 0. The van der Waals surface area contributed by atoms with Crippen molar-refractivity contribution in [1.29, 1.82) is 0 Å². The SMILES string of the molecule is COc1ccc2c(c1)Cc1c-2cc2ccc(OC)cc2c1C=C(F)F. The number of methoxy groups -OCH3 is 2. The van der Waals surface area contributed by atoms with E-state index in [1.807, 2.05) is 36.4 Å².